The Kier molecular flexibility index (Phi) is 5.48. The van der Waals surface area contributed by atoms with Crippen molar-refractivity contribution >= 4 is 21.8 Å². The van der Waals surface area contributed by atoms with E-state index < -0.39 is 10.0 Å². The predicted octanol–water partition coefficient (Wildman–Crippen LogP) is 1.25. The topological polar surface area (TPSA) is 74.8 Å². The van der Waals surface area contributed by atoms with E-state index in [2.05, 4.69) is 14.7 Å². The number of aromatic amines is 1. The molecule has 0 aromatic carbocycles. The van der Waals surface area contributed by atoms with Crippen molar-refractivity contribution < 1.29 is 8.42 Å². The first-order chi connectivity index (χ1) is 7.99. The summed E-state index contributed by atoms with van der Waals surface area (Å²) in [5, 5.41) is 0.144. The number of nitrogens with one attached hydrogen (secondary N) is 2. The number of aromatic nitrogens is 2. The summed E-state index contributed by atoms with van der Waals surface area (Å²) < 4.78 is 26.3. The quantitative estimate of drug-likeness (QED) is 0.786. The molecule has 0 amide bonds. The van der Waals surface area contributed by atoms with Crippen molar-refractivity contribution in [2.75, 3.05) is 18.6 Å². The summed E-state index contributed by atoms with van der Waals surface area (Å²) in [6, 6.07) is 0. The van der Waals surface area contributed by atoms with Crippen LogP contribution in [0.25, 0.3) is 0 Å². The highest BCUT2D eigenvalue weighted by Crippen LogP contribution is 2.08. The molecular weight excluding hydrogens is 258 g/mol. The summed E-state index contributed by atoms with van der Waals surface area (Å²) in [5.74, 6) is 1.93. The van der Waals surface area contributed by atoms with Crippen LogP contribution in [-0.2, 0) is 16.4 Å². The molecule has 7 heteroatoms. The molecule has 1 heterocycles. The molecular formula is C10H19N3O2S2. The molecule has 1 aromatic heterocycles. The van der Waals surface area contributed by atoms with Crippen LogP contribution < -0.4 is 4.72 Å². The second kappa shape index (κ2) is 6.42. The van der Waals surface area contributed by atoms with Crippen molar-refractivity contribution in [3.63, 3.8) is 0 Å². The average molecular weight is 277 g/mol. The molecule has 0 saturated carbocycles. The number of nitrogens with zero attached hydrogens (tertiary/aromatic N) is 1. The maximum atomic E-state index is 11.9. The van der Waals surface area contributed by atoms with Gasteiger partial charge >= 0.3 is 0 Å². The van der Waals surface area contributed by atoms with Crippen molar-refractivity contribution in [3.8, 4) is 0 Å². The molecule has 0 saturated heterocycles. The smallest absolute Gasteiger partial charge is 0.257 e. The minimum atomic E-state index is -3.44. The predicted molar refractivity (Wildman–Crippen MR) is 70.7 cm³/mol. The fourth-order valence-electron chi connectivity index (χ4n) is 1.33. The Balaban J connectivity index is 2.62. The number of imidazole rings is 1. The van der Waals surface area contributed by atoms with Gasteiger partial charge in [0.05, 0.1) is 6.20 Å². The van der Waals surface area contributed by atoms with Gasteiger partial charge in [0.1, 0.15) is 5.82 Å². The molecule has 0 aliphatic carbocycles. The maximum absolute atomic E-state index is 11.9. The SMILES string of the molecule is CCc1ncc(S(=O)(=O)NCC(C)CSC)[nH]1. The number of hydrogen-bond acceptors (Lipinski definition) is 4. The van der Waals surface area contributed by atoms with Crippen LogP contribution in [0.1, 0.15) is 19.7 Å². The second-order valence-electron chi connectivity index (χ2n) is 3.96. The molecule has 2 N–H and O–H groups in total. The van der Waals surface area contributed by atoms with Crippen LogP contribution in [0.15, 0.2) is 11.2 Å². The molecule has 1 rings (SSSR count). The molecule has 17 heavy (non-hydrogen) atoms. The van der Waals surface area contributed by atoms with E-state index in [1.807, 2.05) is 20.1 Å². The van der Waals surface area contributed by atoms with Gasteiger partial charge in [0.15, 0.2) is 5.03 Å². The molecule has 1 atom stereocenters. The zero-order chi connectivity index (χ0) is 12.9. The number of hydrogen-bond donors (Lipinski definition) is 2. The van der Waals surface area contributed by atoms with Crippen molar-refractivity contribution in [1.29, 1.82) is 0 Å². The molecule has 1 unspecified atom stereocenters. The van der Waals surface area contributed by atoms with Gasteiger partial charge in [0.2, 0.25) is 0 Å². The lowest BCUT2D eigenvalue weighted by Crippen LogP contribution is -2.29. The number of sulfonamides is 1. The van der Waals surface area contributed by atoms with E-state index in [4.69, 9.17) is 0 Å². The fraction of sp³-hybridized carbons (Fsp3) is 0.700. The zero-order valence-corrected chi connectivity index (χ0v) is 12.0. The highest BCUT2D eigenvalue weighted by atomic mass is 32.2. The number of H-pyrrole nitrogens is 1. The molecule has 1 aromatic rings. The van der Waals surface area contributed by atoms with Crippen LogP contribution in [0.4, 0.5) is 0 Å². The van der Waals surface area contributed by atoms with Crippen LogP contribution in [0.5, 0.6) is 0 Å². The maximum Gasteiger partial charge on any atom is 0.257 e. The molecule has 0 aliphatic heterocycles. The largest absolute Gasteiger partial charge is 0.332 e. The monoisotopic (exact) mass is 277 g/mol. The van der Waals surface area contributed by atoms with Gasteiger partial charge in [0, 0.05) is 13.0 Å². The Labute approximate surface area is 107 Å². The Morgan fingerprint density at radius 3 is 2.82 bits per heavy atom. The molecule has 0 aliphatic rings. The molecule has 0 bridgehead atoms. The normalized spacial score (nSPS) is 13.8. The second-order valence-corrected chi connectivity index (χ2v) is 6.61. The van der Waals surface area contributed by atoms with Gasteiger partial charge in [-0.25, -0.2) is 18.1 Å². The highest BCUT2D eigenvalue weighted by Gasteiger charge is 2.17. The summed E-state index contributed by atoms with van der Waals surface area (Å²) in [6.45, 7) is 4.39. The number of aryl methyl sites for hydroxylation is 1. The number of thioether (sulfide) groups is 1. The fourth-order valence-corrected chi connectivity index (χ4v) is 3.12. The van der Waals surface area contributed by atoms with Crippen molar-refractivity contribution in [3.05, 3.63) is 12.0 Å². The summed E-state index contributed by atoms with van der Waals surface area (Å²) in [5.41, 5.74) is 0. The Bertz CT molecular complexity index is 442. The third-order valence-corrected chi connectivity index (χ3v) is 4.54. The third-order valence-electron chi connectivity index (χ3n) is 2.30. The van der Waals surface area contributed by atoms with E-state index in [0.717, 1.165) is 5.75 Å². The van der Waals surface area contributed by atoms with E-state index in [-0.39, 0.29) is 5.03 Å². The third kappa shape index (κ3) is 4.33. The molecule has 0 radical (unpaired) electrons. The highest BCUT2D eigenvalue weighted by molar-refractivity contribution is 7.98. The van der Waals surface area contributed by atoms with E-state index >= 15 is 0 Å². The minimum Gasteiger partial charge on any atom is -0.332 e. The molecule has 0 fully saturated rings. The Morgan fingerprint density at radius 2 is 2.29 bits per heavy atom. The summed E-state index contributed by atoms with van der Waals surface area (Å²) in [4.78, 5) is 6.78. The molecule has 5 nitrogen and oxygen atoms in total. The van der Waals surface area contributed by atoms with Crippen LogP contribution in [-0.4, -0.2) is 36.9 Å². The summed E-state index contributed by atoms with van der Waals surface area (Å²) >= 11 is 1.71. The van der Waals surface area contributed by atoms with Crippen LogP contribution in [0, 0.1) is 5.92 Å². The Hall–Kier alpha value is -0.530. The first-order valence-electron chi connectivity index (χ1n) is 5.52. The van der Waals surface area contributed by atoms with Gasteiger partial charge in [-0.15, -0.1) is 0 Å². The van der Waals surface area contributed by atoms with E-state index in [1.165, 1.54) is 6.20 Å². The van der Waals surface area contributed by atoms with Gasteiger partial charge in [-0.3, -0.25) is 0 Å². The summed E-state index contributed by atoms with van der Waals surface area (Å²) in [6.07, 6.45) is 4.06. The Morgan fingerprint density at radius 1 is 1.59 bits per heavy atom. The average Bonchev–Trinajstić information content (AvgIpc) is 2.76. The van der Waals surface area contributed by atoms with Crippen LogP contribution in [0.3, 0.4) is 0 Å². The first-order valence-corrected chi connectivity index (χ1v) is 8.39. The van der Waals surface area contributed by atoms with Gasteiger partial charge in [-0.1, -0.05) is 13.8 Å². The van der Waals surface area contributed by atoms with Crippen molar-refractivity contribution in [1.82, 2.24) is 14.7 Å². The van der Waals surface area contributed by atoms with Crippen LogP contribution in [0.2, 0.25) is 0 Å². The molecule has 0 spiro atoms. The van der Waals surface area contributed by atoms with Crippen molar-refractivity contribution in [2.24, 2.45) is 5.92 Å². The lowest BCUT2D eigenvalue weighted by atomic mass is 10.2. The van der Waals surface area contributed by atoms with Gasteiger partial charge < -0.3 is 4.98 Å². The first kappa shape index (κ1) is 14.5. The van der Waals surface area contributed by atoms with E-state index in [9.17, 15) is 8.42 Å². The lowest BCUT2D eigenvalue weighted by molar-refractivity contribution is 0.559. The standard InChI is InChI=1S/C10H19N3O2S2/c1-4-9-11-6-10(13-9)17(14,15)12-5-8(2)7-16-3/h6,8,12H,4-5,7H2,1-3H3,(H,11,13). The van der Waals surface area contributed by atoms with Crippen LogP contribution >= 0.6 is 11.8 Å². The van der Waals surface area contributed by atoms with E-state index in [1.54, 1.807) is 11.8 Å². The molecule has 98 valence electrons. The van der Waals surface area contributed by atoms with Crippen molar-refractivity contribution in [2.45, 2.75) is 25.3 Å². The van der Waals surface area contributed by atoms with E-state index in [0.29, 0.717) is 24.7 Å². The minimum absolute atomic E-state index is 0.144. The lowest BCUT2D eigenvalue weighted by Gasteiger charge is -2.10. The number of rotatable bonds is 7. The zero-order valence-electron chi connectivity index (χ0n) is 10.4. The van der Waals surface area contributed by atoms with Gasteiger partial charge in [-0.2, -0.15) is 11.8 Å². The van der Waals surface area contributed by atoms with Gasteiger partial charge in [-0.05, 0) is 17.9 Å². The summed E-state index contributed by atoms with van der Waals surface area (Å²) in [7, 11) is -3.44. The van der Waals surface area contributed by atoms with Gasteiger partial charge in [0.25, 0.3) is 10.0 Å².